The third-order valence-electron chi connectivity index (χ3n) is 4.34. The van der Waals surface area contributed by atoms with E-state index in [1.54, 1.807) is 0 Å². The summed E-state index contributed by atoms with van der Waals surface area (Å²) in [6, 6.07) is 2.49. The minimum absolute atomic E-state index is 0.150. The topological polar surface area (TPSA) is 28.5 Å². The maximum Gasteiger partial charge on any atom is 0.270 e. The summed E-state index contributed by atoms with van der Waals surface area (Å²) in [5.74, 6) is 0.763. The van der Waals surface area contributed by atoms with E-state index in [1.807, 2.05) is 24.2 Å². The van der Waals surface area contributed by atoms with E-state index in [0.29, 0.717) is 12.0 Å². The predicted molar refractivity (Wildman–Crippen MR) is 83.0 cm³/mol. The molecule has 1 saturated heterocycles. The molecule has 2 fully saturated rings. The lowest BCUT2D eigenvalue weighted by atomic mass is 10.1. The monoisotopic (exact) mass is 339 g/mol. The van der Waals surface area contributed by atoms with Crippen LogP contribution in [0.1, 0.15) is 35.8 Å². The smallest absolute Gasteiger partial charge is 0.270 e. The zero-order valence-electron chi connectivity index (χ0n) is 12.2. The maximum absolute atomic E-state index is 12.7. The first-order chi connectivity index (χ1) is 9.54. The van der Waals surface area contributed by atoms with Gasteiger partial charge in [0.1, 0.15) is 5.69 Å². The third-order valence-corrected chi connectivity index (χ3v) is 4.78. The number of amides is 1. The van der Waals surface area contributed by atoms with Crippen molar-refractivity contribution in [3.63, 3.8) is 0 Å². The quantitative estimate of drug-likeness (QED) is 0.843. The van der Waals surface area contributed by atoms with Crippen LogP contribution in [-0.2, 0) is 0 Å². The van der Waals surface area contributed by atoms with Crippen LogP contribution >= 0.6 is 15.9 Å². The number of hydrogen-bond donors (Lipinski definition) is 0. The predicted octanol–water partition coefficient (Wildman–Crippen LogP) is 2.61. The van der Waals surface area contributed by atoms with Gasteiger partial charge in [-0.2, -0.15) is 0 Å². The van der Waals surface area contributed by atoms with E-state index in [-0.39, 0.29) is 5.91 Å². The van der Waals surface area contributed by atoms with Crippen molar-refractivity contribution in [2.24, 2.45) is 5.92 Å². The normalized spacial score (nSPS) is 23.2. The highest BCUT2D eigenvalue weighted by atomic mass is 79.9. The molecular weight excluding hydrogens is 318 g/mol. The van der Waals surface area contributed by atoms with Gasteiger partial charge in [0.15, 0.2) is 0 Å². The van der Waals surface area contributed by atoms with Crippen molar-refractivity contribution < 1.29 is 4.79 Å². The molecule has 0 bridgehead atoms. The molecule has 1 unspecified atom stereocenters. The van der Waals surface area contributed by atoms with Crippen molar-refractivity contribution in [1.29, 1.82) is 0 Å². The second kappa shape index (κ2) is 5.53. The first-order valence-corrected chi connectivity index (χ1v) is 8.15. The highest BCUT2D eigenvalue weighted by Crippen LogP contribution is 2.37. The molecule has 1 saturated carbocycles. The van der Waals surface area contributed by atoms with E-state index in [1.165, 1.54) is 19.3 Å². The Morgan fingerprint density at radius 3 is 2.80 bits per heavy atom. The van der Waals surface area contributed by atoms with Gasteiger partial charge in [-0.15, -0.1) is 0 Å². The van der Waals surface area contributed by atoms with Crippen LogP contribution in [0.25, 0.3) is 0 Å². The molecular formula is C15H22BrN3O. The van der Waals surface area contributed by atoms with Gasteiger partial charge in [-0.3, -0.25) is 4.79 Å². The molecule has 20 heavy (non-hydrogen) atoms. The minimum Gasteiger partial charge on any atom is -0.340 e. The first kappa shape index (κ1) is 14.1. The summed E-state index contributed by atoms with van der Waals surface area (Å²) in [5.41, 5.74) is 0.827. The van der Waals surface area contributed by atoms with Gasteiger partial charge in [0.05, 0.1) is 0 Å². The summed E-state index contributed by atoms with van der Waals surface area (Å²) in [5, 5.41) is 0. The molecule has 0 N–H and O–H groups in total. The molecule has 1 atom stereocenters. The first-order valence-electron chi connectivity index (χ1n) is 7.36. The van der Waals surface area contributed by atoms with Crippen molar-refractivity contribution in [3.05, 3.63) is 22.4 Å². The van der Waals surface area contributed by atoms with Crippen molar-refractivity contribution in [3.8, 4) is 0 Å². The van der Waals surface area contributed by atoms with Crippen LogP contribution in [-0.4, -0.2) is 54.0 Å². The van der Waals surface area contributed by atoms with Crippen LogP contribution in [0.2, 0.25) is 0 Å². The number of rotatable bonds is 4. The molecule has 5 heteroatoms. The Hall–Kier alpha value is -0.810. The Kier molecular flexibility index (Phi) is 3.91. The van der Waals surface area contributed by atoms with Gasteiger partial charge < -0.3 is 14.4 Å². The molecule has 1 aliphatic carbocycles. The van der Waals surface area contributed by atoms with Gasteiger partial charge in [0.25, 0.3) is 5.91 Å². The molecule has 2 aliphatic rings. The van der Waals surface area contributed by atoms with Crippen LogP contribution < -0.4 is 0 Å². The van der Waals surface area contributed by atoms with E-state index in [2.05, 4.69) is 32.4 Å². The summed E-state index contributed by atoms with van der Waals surface area (Å²) in [4.78, 5) is 16.9. The van der Waals surface area contributed by atoms with Gasteiger partial charge in [0, 0.05) is 36.8 Å². The Bertz CT molecular complexity index is 509. The standard InChI is InChI=1S/C15H22BrN3O/c1-17-6-5-11(8-17)9-18(2)15(20)14-7-12(16)10-19(14)13-3-4-13/h7,10-11,13H,3-6,8-9H2,1-2H3. The number of halogens is 1. The van der Waals surface area contributed by atoms with Crippen LogP contribution in [0.5, 0.6) is 0 Å². The van der Waals surface area contributed by atoms with E-state index < -0.39 is 0 Å². The Morgan fingerprint density at radius 1 is 1.45 bits per heavy atom. The summed E-state index contributed by atoms with van der Waals surface area (Å²) < 4.78 is 3.14. The van der Waals surface area contributed by atoms with Crippen molar-refractivity contribution in [2.75, 3.05) is 33.7 Å². The van der Waals surface area contributed by atoms with Gasteiger partial charge in [-0.25, -0.2) is 0 Å². The highest BCUT2D eigenvalue weighted by Gasteiger charge is 2.30. The van der Waals surface area contributed by atoms with Crippen LogP contribution in [0, 0.1) is 5.92 Å². The number of aromatic nitrogens is 1. The fourth-order valence-corrected chi connectivity index (χ4v) is 3.55. The maximum atomic E-state index is 12.7. The molecule has 1 amide bonds. The Balaban J connectivity index is 1.68. The third kappa shape index (κ3) is 2.93. The molecule has 1 aromatic rings. The zero-order chi connectivity index (χ0) is 14.3. The van der Waals surface area contributed by atoms with Crippen molar-refractivity contribution in [1.82, 2.24) is 14.4 Å². The van der Waals surface area contributed by atoms with Gasteiger partial charge in [-0.1, -0.05) is 0 Å². The second-order valence-electron chi connectivity index (χ2n) is 6.28. The molecule has 1 aliphatic heterocycles. The molecule has 4 nitrogen and oxygen atoms in total. The number of hydrogen-bond acceptors (Lipinski definition) is 2. The number of nitrogens with zero attached hydrogens (tertiary/aromatic N) is 3. The summed E-state index contributed by atoms with van der Waals surface area (Å²) >= 11 is 3.49. The van der Waals surface area contributed by atoms with Gasteiger partial charge >= 0.3 is 0 Å². The van der Waals surface area contributed by atoms with E-state index >= 15 is 0 Å². The Morgan fingerprint density at radius 2 is 2.20 bits per heavy atom. The van der Waals surface area contributed by atoms with Crippen LogP contribution in [0.4, 0.5) is 0 Å². The zero-order valence-corrected chi connectivity index (χ0v) is 13.8. The van der Waals surface area contributed by atoms with Crippen LogP contribution in [0.15, 0.2) is 16.7 Å². The average molecular weight is 340 g/mol. The second-order valence-corrected chi connectivity index (χ2v) is 7.20. The fourth-order valence-electron chi connectivity index (χ4n) is 3.11. The van der Waals surface area contributed by atoms with Crippen molar-refractivity contribution in [2.45, 2.75) is 25.3 Å². The van der Waals surface area contributed by atoms with Crippen LogP contribution in [0.3, 0.4) is 0 Å². The lowest BCUT2D eigenvalue weighted by Gasteiger charge is -2.22. The number of carbonyl (C=O) groups excluding carboxylic acids is 1. The molecule has 0 radical (unpaired) electrons. The Labute approximate surface area is 128 Å². The molecule has 110 valence electrons. The molecule has 1 aromatic heterocycles. The highest BCUT2D eigenvalue weighted by molar-refractivity contribution is 9.10. The van der Waals surface area contributed by atoms with E-state index in [4.69, 9.17) is 0 Å². The lowest BCUT2D eigenvalue weighted by molar-refractivity contribution is 0.0763. The molecule has 3 rings (SSSR count). The summed E-state index contributed by atoms with van der Waals surface area (Å²) in [6.45, 7) is 3.11. The van der Waals surface area contributed by atoms with Gasteiger partial charge in [-0.05, 0) is 60.8 Å². The molecule has 2 heterocycles. The van der Waals surface area contributed by atoms with E-state index in [9.17, 15) is 4.79 Å². The van der Waals surface area contributed by atoms with Crippen molar-refractivity contribution >= 4 is 21.8 Å². The molecule has 0 spiro atoms. The number of likely N-dealkylation sites (tertiary alicyclic amines) is 1. The minimum atomic E-state index is 0.150. The number of carbonyl (C=O) groups is 1. The SMILES string of the molecule is CN1CCC(CN(C)C(=O)c2cc(Br)cn2C2CC2)C1. The summed E-state index contributed by atoms with van der Waals surface area (Å²) in [7, 11) is 4.08. The fraction of sp³-hybridized carbons (Fsp3) is 0.667. The summed E-state index contributed by atoms with van der Waals surface area (Å²) in [6.07, 6.45) is 5.63. The lowest BCUT2D eigenvalue weighted by Crippen LogP contribution is -2.33. The largest absolute Gasteiger partial charge is 0.340 e. The molecule has 0 aromatic carbocycles. The van der Waals surface area contributed by atoms with Gasteiger partial charge in [0.2, 0.25) is 0 Å². The van der Waals surface area contributed by atoms with E-state index in [0.717, 1.165) is 29.8 Å². The average Bonchev–Trinajstić information content (AvgIpc) is 3.07.